The molecule has 0 amide bonds. The van der Waals surface area contributed by atoms with Crippen molar-refractivity contribution < 1.29 is 0 Å². The molecular formula is C6H11ClN2. The van der Waals surface area contributed by atoms with E-state index >= 15 is 0 Å². The van der Waals surface area contributed by atoms with Crippen LogP contribution in [0.1, 0.15) is 11.3 Å². The van der Waals surface area contributed by atoms with Crippen molar-refractivity contribution in [2.24, 2.45) is 5.73 Å². The third-order valence-corrected chi connectivity index (χ3v) is 1.12. The van der Waals surface area contributed by atoms with Gasteiger partial charge in [-0.1, -0.05) is 0 Å². The van der Waals surface area contributed by atoms with E-state index in [-0.39, 0.29) is 12.4 Å². The van der Waals surface area contributed by atoms with Crippen molar-refractivity contribution in [2.45, 2.75) is 13.5 Å². The van der Waals surface area contributed by atoms with E-state index in [1.807, 2.05) is 19.2 Å². The maximum Gasteiger partial charge on any atom is 0.0193 e. The van der Waals surface area contributed by atoms with Gasteiger partial charge in [-0.3, -0.25) is 0 Å². The Morgan fingerprint density at radius 3 is 2.56 bits per heavy atom. The monoisotopic (exact) mass is 146 g/mol. The van der Waals surface area contributed by atoms with Gasteiger partial charge in [0, 0.05) is 18.4 Å². The highest BCUT2D eigenvalue weighted by Crippen LogP contribution is 1.98. The molecule has 1 heterocycles. The molecule has 1 aromatic rings. The normalized spacial score (nSPS) is 8.67. The van der Waals surface area contributed by atoms with Gasteiger partial charge in [-0.25, -0.2) is 0 Å². The second-order valence-corrected chi connectivity index (χ2v) is 1.90. The fraction of sp³-hybridized carbons (Fsp3) is 0.333. The van der Waals surface area contributed by atoms with Crippen molar-refractivity contribution in [1.29, 1.82) is 0 Å². The number of halogens is 1. The van der Waals surface area contributed by atoms with E-state index in [1.165, 1.54) is 11.3 Å². The fourth-order valence-electron chi connectivity index (χ4n) is 0.686. The van der Waals surface area contributed by atoms with E-state index < -0.39 is 0 Å². The quantitative estimate of drug-likeness (QED) is 0.615. The molecule has 0 atom stereocenters. The molecule has 0 spiro atoms. The third kappa shape index (κ3) is 2.08. The van der Waals surface area contributed by atoms with Gasteiger partial charge in [0.05, 0.1) is 0 Å². The smallest absolute Gasteiger partial charge is 0.0193 e. The largest absolute Gasteiger partial charge is 0.365 e. The number of H-pyrrole nitrogens is 1. The number of aromatic amines is 1. The maximum atomic E-state index is 5.34. The lowest BCUT2D eigenvalue weighted by molar-refractivity contribution is 1.07. The first-order chi connectivity index (χ1) is 3.83. The molecule has 0 unspecified atom stereocenters. The number of rotatable bonds is 1. The topological polar surface area (TPSA) is 41.8 Å². The van der Waals surface area contributed by atoms with Crippen LogP contribution in [0.2, 0.25) is 0 Å². The zero-order valence-electron chi connectivity index (χ0n) is 5.35. The Balaban J connectivity index is 0.000000640. The van der Waals surface area contributed by atoms with Crippen LogP contribution in [-0.4, -0.2) is 4.98 Å². The average molecular weight is 147 g/mol. The van der Waals surface area contributed by atoms with Crippen LogP contribution in [0.5, 0.6) is 0 Å². The molecule has 1 aromatic heterocycles. The van der Waals surface area contributed by atoms with E-state index in [1.54, 1.807) is 0 Å². The summed E-state index contributed by atoms with van der Waals surface area (Å²) in [6.45, 7) is 2.64. The molecular weight excluding hydrogens is 136 g/mol. The number of aryl methyl sites for hydroxylation is 1. The van der Waals surface area contributed by atoms with Crippen LogP contribution < -0.4 is 5.73 Å². The molecule has 0 aliphatic rings. The highest BCUT2D eigenvalue weighted by atomic mass is 35.5. The summed E-state index contributed by atoms with van der Waals surface area (Å²) in [5, 5.41) is 0. The van der Waals surface area contributed by atoms with Crippen LogP contribution in [0.25, 0.3) is 0 Å². The fourth-order valence-corrected chi connectivity index (χ4v) is 0.686. The van der Waals surface area contributed by atoms with Gasteiger partial charge in [0.15, 0.2) is 0 Å². The molecule has 0 radical (unpaired) electrons. The Morgan fingerprint density at radius 1 is 1.67 bits per heavy atom. The van der Waals surface area contributed by atoms with Gasteiger partial charge < -0.3 is 10.7 Å². The maximum absolute atomic E-state index is 5.34. The summed E-state index contributed by atoms with van der Waals surface area (Å²) in [7, 11) is 0. The SMILES string of the molecule is Cc1cc(CN)c[nH]1.Cl. The molecule has 52 valence electrons. The van der Waals surface area contributed by atoms with E-state index in [9.17, 15) is 0 Å². The van der Waals surface area contributed by atoms with E-state index in [4.69, 9.17) is 5.73 Å². The van der Waals surface area contributed by atoms with Crippen molar-refractivity contribution in [2.75, 3.05) is 0 Å². The predicted molar refractivity (Wildman–Crippen MR) is 40.7 cm³/mol. The van der Waals surface area contributed by atoms with Crippen LogP contribution >= 0.6 is 12.4 Å². The summed E-state index contributed by atoms with van der Waals surface area (Å²) in [6, 6.07) is 2.04. The van der Waals surface area contributed by atoms with Gasteiger partial charge in [-0.05, 0) is 18.6 Å². The molecule has 1 rings (SSSR count). The molecule has 9 heavy (non-hydrogen) atoms. The Bertz CT molecular complexity index is 171. The summed E-state index contributed by atoms with van der Waals surface area (Å²) in [5.41, 5.74) is 7.68. The number of aromatic nitrogens is 1. The number of hydrogen-bond donors (Lipinski definition) is 2. The van der Waals surface area contributed by atoms with Crippen LogP contribution in [0.15, 0.2) is 12.3 Å². The Hall–Kier alpha value is -0.470. The van der Waals surface area contributed by atoms with Crippen molar-refractivity contribution in [3.63, 3.8) is 0 Å². The standard InChI is InChI=1S/C6H10N2.ClH/c1-5-2-6(3-7)4-8-5;/h2,4,8H,3,7H2,1H3;1H. The lowest BCUT2D eigenvalue weighted by Crippen LogP contribution is -1.92. The third-order valence-electron chi connectivity index (χ3n) is 1.12. The second-order valence-electron chi connectivity index (χ2n) is 1.90. The molecule has 3 heteroatoms. The molecule has 0 saturated heterocycles. The minimum absolute atomic E-state index is 0. The van der Waals surface area contributed by atoms with Gasteiger partial charge >= 0.3 is 0 Å². The Kier molecular flexibility index (Phi) is 3.35. The van der Waals surface area contributed by atoms with E-state index in [0.29, 0.717) is 6.54 Å². The van der Waals surface area contributed by atoms with Crippen molar-refractivity contribution in [3.05, 3.63) is 23.5 Å². The van der Waals surface area contributed by atoms with Gasteiger partial charge in [0.1, 0.15) is 0 Å². The Morgan fingerprint density at radius 2 is 2.33 bits per heavy atom. The van der Waals surface area contributed by atoms with Gasteiger partial charge in [-0.2, -0.15) is 0 Å². The number of hydrogen-bond acceptors (Lipinski definition) is 1. The first-order valence-electron chi connectivity index (χ1n) is 2.67. The highest BCUT2D eigenvalue weighted by Gasteiger charge is 1.88. The molecule has 0 bridgehead atoms. The van der Waals surface area contributed by atoms with E-state index in [2.05, 4.69) is 4.98 Å². The van der Waals surface area contributed by atoms with Crippen LogP contribution in [-0.2, 0) is 6.54 Å². The van der Waals surface area contributed by atoms with Gasteiger partial charge in [-0.15, -0.1) is 12.4 Å². The Labute approximate surface area is 60.9 Å². The second kappa shape index (κ2) is 3.54. The first-order valence-corrected chi connectivity index (χ1v) is 2.67. The van der Waals surface area contributed by atoms with Crippen molar-refractivity contribution in [3.8, 4) is 0 Å². The molecule has 2 nitrogen and oxygen atoms in total. The summed E-state index contributed by atoms with van der Waals surface area (Å²) < 4.78 is 0. The minimum atomic E-state index is 0. The molecule has 0 aliphatic carbocycles. The zero-order valence-corrected chi connectivity index (χ0v) is 6.16. The van der Waals surface area contributed by atoms with E-state index in [0.717, 1.165) is 0 Å². The molecule has 0 saturated carbocycles. The number of nitrogens with one attached hydrogen (secondary N) is 1. The zero-order chi connectivity index (χ0) is 5.98. The first kappa shape index (κ1) is 8.53. The van der Waals surface area contributed by atoms with Gasteiger partial charge in [0.25, 0.3) is 0 Å². The lowest BCUT2D eigenvalue weighted by atomic mass is 10.3. The minimum Gasteiger partial charge on any atom is -0.365 e. The summed E-state index contributed by atoms with van der Waals surface area (Å²) in [5.74, 6) is 0. The van der Waals surface area contributed by atoms with Crippen LogP contribution in [0.4, 0.5) is 0 Å². The number of nitrogens with two attached hydrogens (primary N) is 1. The molecule has 0 fully saturated rings. The van der Waals surface area contributed by atoms with Crippen molar-refractivity contribution >= 4 is 12.4 Å². The highest BCUT2D eigenvalue weighted by molar-refractivity contribution is 5.85. The van der Waals surface area contributed by atoms with Crippen molar-refractivity contribution in [1.82, 2.24) is 4.98 Å². The summed E-state index contributed by atoms with van der Waals surface area (Å²) in [6.07, 6.45) is 1.93. The molecule has 3 N–H and O–H groups in total. The lowest BCUT2D eigenvalue weighted by Gasteiger charge is -1.80. The average Bonchev–Trinajstić information content (AvgIpc) is 2.14. The predicted octanol–water partition coefficient (Wildman–Crippen LogP) is 1.20. The van der Waals surface area contributed by atoms with Crippen LogP contribution in [0, 0.1) is 6.92 Å². The summed E-state index contributed by atoms with van der Waals surface area (Å²) in [4.78, 5) is 3.04. The molecule has 0 aliphatic heterocycles. The van der Waals surface area contributed by atoms with Crippen LogP contribution in [0.3, 0.4) is 0 Å². The molecule has 0 aromatic carbocycles. The van der Waals surface area contributed by atoms with Gasteiger partial charge in [0.2, 0.25) is 0 Å². The summed E-state index contributed by atoms with van der Waals surface area (Å²) >= 11 is 0.